The highest BCUT2D eigenvalue weighted by molar-refractivity contribution is 6.24. The Bertz CT molecular complexity index is 1260. The summed E-state index contributed by atoms with van der Waals surface area (Å²) in [5.41, 5.74) is 7.95. The number of benzene rings is 2. The number of hydrogen-bond donors (Lipinski definition) is 0. The average molecular weight is 442 g/mol. The minimum atomic E-state index is 0.560. The first-order valence-electron chi connectivity index (χ1n) is 11.4. The van der Waals surface area contributed by atoms with Crippen molar-refractivity contribution in [2.45, 2.75) is 34.6 Å². The van der Waals surface area contributed by atoms with Gasteiger partial charge in [-0.1, -0.05) is 18.2 Å². The predicted octanol–water partition coefficient (Wildman–Crippen LogP) is 5.41. The Kier molecular flexibility index (Phi) is 6.45. The van der Waals surface area contributed by atoms with Crippen molar-refractivity contribution in [2.75, 3.05) is 25.1 Å². The number of ether oxygens (including phenoxy) is 1. The van der Waals surface area contributed by atoms with Gasteiger partial charge in [-0.15, -0.1) is 0 Å². The van der Waals surface area contributed by atoms with Crippen molar-refractivity contribution < 1.29 is 4.74 Å². The Labute approximate surface area is 196 Å². The maximum atomic E-state index is 5.63. The Morgan fingerprint density at radius 1 is 0.970 bits per heavy atom. The number of anilines is 1. The lowest BCUT2D eigenvalue weighted by molar-refractivity contribution is 0.414. The molecule has 0 N–H and O–H groups in total. The second-order valence-electron chi connectivity index (χ2n) is 8.15. The normalized spacial score (nSPS) is 14.4. The summed E-state index contributed by atoms with van der Waals surface area (Å²) in [5, 5.41) is 4.59. The van der Waals surface area contributed by atoms with Crippen molar-refractivity contribution in [1.29, 1.82) is 0 Å². The van der Waals surface area contributed by atoms with Crippen LogP contribution in [0, 0.1) is 20.8 Å². The Morgan fingerprint density at radius 2 is 1.73 bits per heavy atom. The van der Waals surface area contributed by atoms with Crippen molar-refractivity contribution in [1.82, 2.24) is 9.78 Å². The van der Waals surface area contributed by atoms with E-state index in [1.807, 2.05) is 44.2 Å². The van der Waals surface area contributed by atoms with Gasteiger partial charge >= 0.3 is 0 Å². The number of aryl methyl sites for hydroxylation is 3. The second kappa shape index (κ2) is 9.45. The highest BCUT2D eigenvalue weighted by Crippen LogP contribution is 2.29. The molecular formula is C27H31N5O. The minimum absolute atomic E-state index is 0.560. The molecule has 0 aliphatic carbocycles. The third-order valence-corrected chi connectivity index (χ3v) is 5.91. The molecule has 2 heterocycles. The fourth-order valence-electron chi connectivity index (χ4n) is 4.16. The Balaban J connectivity index is 1.83. The number of hydrogen-bond acceptors (Lipinski definition) is 5. The maximum Gasteiger partial charge on any atom is 0.252 e. The first-order valence-corrected chi connectivity index (χ1v) is 11.4. The van der Waals surface area contributed by atoms with Crippen molar-refractivity contribution in [3.05, 3.63) is 82.3 Å². The number of aromatic nitrogens is 2. The van der Waals surface area contributed by atoms with Gasteiger partial charge in [0.1, 0.15) is 11.5 Å². The average Bonchev–Trinajstić information content (AvgIpc) is 3.38. The summed E-state index contributed by atoms with van der Waals surface area (Å²) in [4.78, 5) is 12.1. The standard InChI is InChI=1S/C27H31N5O/c1-7-31(8-2)22-14-13-21(18(3)15-22)17-24-26(23-11-9-10-12-25(23)33-6)29-27(28-24)32-20(5)16-19(4)30-32/h9-17H,7-8H2,1-6H3/b24-17-. The highest BCUT2D eigenvalue weighted by Gasteiger charge is 2.23. The molecule has 0 bridgehead atoms. The van der Waals surface area contributed by atoms with E-state index in [4.69, 9.17) is 14.7 Å². The molecule has 6 nitrogen and oxygen atoms in total. The van der Waals surface area contributed by atoms with Crippen LogP contribution in [0.1, 0.15) is 41.9 Å². The zero-order valence-electron chi connectivity index (χ0n) is 20.3. The number of allylic oxidation sites excluding steroid dienone is 1. The van der Waals surface area contributed by atoms with E-state index in [0.29, 0.717) is 5.96 Å². The summed E-state index contributed by atoms with van der Waals surface area (Å²) in [6, 6.07) is 16.5. The molecular weight excluding hydrogens is 410 g/mol. The van der Waals surface area contributed by atoms with Gasteiger partial charge < -0.3 is 9.64 Å². The third kappa shape index (κ3) is 4.46. The molecule has 0 atom stereocenters. The van der Waals surface area contributed by atoms with E-state index >= 15 is 0 Å². The molecule has 2 aromatic carbocycles. The monoisotopic (exact) mass is 441 g/mol. The quantitative estimate of drug-likeness (QED) is 0.514. The second-order valence-corrected chi connectivity index (χ2v) is 8.15. The first-order chi connectivity index (χ1) is 15.9. The SMILES string of the molecule is CCN(CC)c1ccc(/C=C2\N=C(n3nc(C)cc3C)N=C2c2ccccc2OC)c(C)c1. The number of rotatable bonds is 6. The molecule has 1 aliphatic heterocycles. The van der Waals surface area contributed by atoms with Crippen LogP contribution in [-0.2, 0) is 0 Å². The van der Waals surface area contributed by atoms with Gasteiger partial charge in [-0.3, -0.25) is 0 Å². The van der Waals surface area contributed by atoms with Gasteiger partial charge in [0.05, 0.1) is 18.5 Å². The fourth-order valence-corrected chi connectivity index (χ4v) is 4.16. The van der Waals surface area contributed by atoms with E-state index in [1.54, 1.807) is 11.8 Å². The summed E-state index contributed by atoms with van der Waals surface area (Å²) in [6.07, 6.45) is 2.10. The van der Waals surface area contributed by atoms with E-state index in [9.17, 15) is 0 Å². The molecule has 4 rings (SSSR count). The third-order valence-electron chi connectivity index (χ3n) is 5.91. The molecule has 0 saturated carbocycles. The number of nitrogens with zero attached hydrogens (tertiary/aromatic N) is 5. The fraction of sp³-hybridized carbons (Fsp3) is 0.296. The van der Waals surface area contributed by atoms with E-state index in [-0.39, 0.29) is 0 Å². The molecule has 0 fully saturated rings. The first kappa shape index (κ1) is 22.5. The summed E-state index contributed by atoms with van der Waals surface area (Å²) in [7, 11) is 1.68. The molecule has 0 spiro atoms. The van der Waals surface area contributed by atoms with Gasteiger partial charge in [0.15, 0.2) is 0 Å². The summed E-state index contributed by atoms with van der Waals surface area (Å²) < 4.78 is 7.42. The topological polar surface area (TPSA) is 55.0 Å². The van der Waals surface area contributed by atoms with Gasteiger partial charge in [0.2, 0.25) is 0 Å². The largest absolute Gasteiger partial charge is 0.496 e. The van der Waals surface area contributed by atoms with Crippen LogP contribution in [0.15, 0.2) is 64.2 Å². The van der Waals surface area contributed by atoms with Gasteiger partial charge in [0.25, 0.3) is 5.96 Å². The number of methoxy groups -OCH3 is 1. The highest BCUT2D eigenvalue weighted by atomic mass is 16.5. The van der Waals surface area contributed by atoms with Crippen molar-refractivity contribution in [2.24, 2.45) is 9.98 Å². The molecule has 0 saturated heterocycles. The smallest absolute Gasteiger partial charge is 0.252 e. The van der Waals surface area contributed by atoms with Gasteiger partial charge in [-0.05, 0) is 82.2 Å². The number of aliphatic imine (C=N–C) groups is 2. The molecule has 0 radical (unpaired) electrons. The lowest BCUT2D eigenvalue weighted by atomic mass is 10.0. The summed E-state index contributed by atoms with van der Waals surface area (Å²) in [6.45, 7) is 12.4. The molecule has 0 amide bonds. The maximum absolute atomic E-state index is 5.63. The van der Waals surface area contributed by atoms with Gasteiger partial charge in [0, 0.05) is 30.0 Å². The predicted molar refractivity (Wildman–Crippen MR) is 137 cm³/mol. The summed E-state index contributed by atoms with van der Waals surface area (Å²) >= 11 is 0. The number of para-hydroxylation sites is 1. The van der Waals surface area contributed by atoms with Crippen molar-refractivity contribution >= 4 is 23.4 Å². The minimum Gasteiger partial charge on any atom is -0.496 e. The zero-order chi connectivity index (χ0) is 23.5. The van der Waals surface area contributed by atoms with Gasteiger partial charge in [-0.2, -0.15) is 5.10 Å². The zero-order valence-corrected chi connectivity index (χ0v) is 20.3. The van der Waals surface area contributed by atoms with Crippen molar-refractivity contribution in [3.63, 3.8) is 0 Å². The summed E-state index contributed by atoms with van der Waals surface area (Å²) in [5.74, 6) is 1.32. The Hall–Kier alpha value is -3.67. The molecule has 1 aromatic heterocycles. The lowest BCUT2D eigenvalue weighted by Gasteiger charge is -2.22. The van der Waals surface area contributed by atoms with Crippen LogP contribution in [0.5, 0.6) is 5.75 Å². The van der Waals surface area contributed by atoms with E-state index in [0.717, 1.165) is 52.8 Å². The van der Waals surface area contributed by atoms with Crippen LogP contribution in [0.4, 0.5) is 5.69 Å². The van der Waals surface area contributed by atoms with Crippen LogP contribution in [0.2, 0.25) is 0 Å². The Morgan fingerprint density at radius 3 is 2.36 bits per heavy atom. The molecule has 6 heteroatoms. The molecule has 0 unspecified atom stereocenters. The lowest BCUT2D eigenvalue weighted by Crippen LogP contribution is -2.21. The molecule has 1 aliphatic rings. The van der Waals surface area contributed by atoms with Crippen LogP contribution in [0.25, 0.3) is 6.08 Å². The van der Waals surface area contributed by atoms with Crippen LogP contribution in [0.3, 0.4) is 0 Å². The van der Waals surface area contributed by atoms with E-state index in [2.05, 4.69) is 55.0 Å². The van der Waals surface area contributed by atoms with E-state index in [1.165, 1.54) is 11.3 Å². The molecule has 3 aromatic rings. The van der Waals surface area contributed by atoms with Crippen molar-refractivity contribution in [3.8, 4) is 5.75 Å². The van der Waals surface area contributed by atoms with Gasteiger partial charge in [-0.25, -0.2) is 14.7 Å². The van der Waals surface area contributed by atoms with Crippen LogP contribution in [-0.4, -0.2) is 41.7 Å². The van der Waals surface area contributed by atoms with E-state index < -0.39 is 0 Å². The van der Waals surface area contributed by atoms with Crippen LogP contribution >= 0.6 is 0 Å². The molecule has 170 valence electrons. The van der Waals surface area contributed by atoms with Crippen LogP contribution < -0.4 is 9.64 Å². The molecule has 33 heavy (non-hydrogen) atoms.